The number of halogens is 2. The molecule has 5 nitrogen and oxygen atoms in total. The first-order valence-electron chi connectivity index (χ1n) is 6.50. The molecule has 0 spiro atoms. The highest BCUT2D eigenvalue weighted by molar-refractivity contribution is 7.14. The Morgan fingerprint density at radius 3 is 2.61 bits per heavy atom. The van der Waals surface area contributed by atoms with E-state index in [1.807, 2.05) is 0 Å². The Kier molecular flexibility index (Phi) is 5.17. The second kappa shape index (κ2) is 7.10. The highest BCUT2D eigenvalue weighted by atomic mass is 32.1. The van der Waals surface area contributed by atoms with Crippen LogP contribution in [0.5, 0.6) is 0 Å². The van der Waals surface area contributed by atoms with Crippen molar-refractivity contribution in [2.75, 3.05) is 18.9 Å². The van der Waals surface area contributed by atoms with Crippen molar-refractivity contribution in [2.45, 2.75) is 0 Å². The lowest BCUT2D eigenvalue weighted by molar-refractivity contribution is 0.0805. The molecule has 120 valence electrons. The van der Waals surface area contributed by atoms with Gasteiger partial charge in [-0.3, -0.25) is 14.9 Å². The Morgan fingerprint density at radius 2 is 2.00 bits per heavy atom. The number of hydrogen-bond acceptors (Lipinski definition) is 4. The summed E-state index contributed by atoms with van der Waals surface area (Å²) in [5.41, 5.74) is -0.00516. The maximum Gasteiger partial charge on any atom is 0.273 e. The van der Waals surface area contributed by atoms with Crippen LogP contribution in [0, 0.1) is 11.6 Å². The molecular weight excluding hydrogens is 324 g/mol. The van der Waals surface area contributed by atoms with Gasteiger partial charge in [0.15, 0.2) is 5.13 Å². The number of benzene rings is 1. The first kappa shape index (κ1) is 16.8. The van der Waals surface area contributed by atoms with E-state index in [1.54, 1.807) is 13.1 Å². The van der Waals surface area contributed by atoms with E-state index in [1.165, 1.54) is 10.3 Å². The van der Waals surface area contributed by atoms with Crippen LogP contribution in [-0.4, -0.2) is 35.3 Å². The van der Waals surface area contributed by atoms with Gasteiger partial charge in [-0.05, 0) is 12.1 Å². The quantitative estimate of drug-likeness (QED) is 0.853. The lowest BCUT2D eigenvalue weighted by atomic mass is 10.2. The van der Waals surface area contributed by atoms with Gasteiger partial charge in [0.25, 0.3) is 11.8 Å². The van der Waals surface area contributed by atoms with E-state index in [0.717, 1.165) is 23.5 Å². The van der Waals surface area contributed by atoms with Crippen molar-refractivity contribution in [1.29, 1.82) is 0 Å². The van der Waals surface area contributed by atoms with E-state index in [2.05, 4.69) is 16.9 Å². The number of anilines is 1. The average molecular weight is 337 g/mol. The second-order valence-electron chi connectivity index (χ2n) is 4.62. The molecule has 0 radical (unpaired) electrons. The number of carbonyl (C=O) groups excluding carboxylic acids is 2. The summed E-state index contributed by atoms with van der Waals surface area (Å²) in [6, 6.07) is 2.50. The van der Waals surface area contributed by atoms with Gasteiger partial charge in [-0.15, -0.1) is 17.9 Å². The molecule has 1 N–H and O–H groups in total. The van der Waals surface area contributed by atoms with Gasteiger partial charge in [0, 0.05) is 30.6 Å². The maximum atomic E-state index is 13.1. The topological polar surface area (TPSA) is 62.3 Å². The largest absolute Gasteiger partial charge is 0.337 e. The second-order valence-corrected chi connectivity index (χ2v) is 5.48. The number of nitrogens with one attached hydrogen (secondary N) is 1. The zero-order valence-corrected chi connectivity index (χ0v) is 13.0. The molecular formula is C15H13F2N3O2S. The molecule has 0 saturated heterocycles. The third-order valence-corrected chi connectivity index (χ3v) is 3.58. The molecule has 23 heavy (non-hydrogen) atoms. The van der Waals surface area contributed by atoms with Gasteiger partial charge < -0.3 is 4.90 Å². The van der Waals surface area contributed by atoms with Gasteiger partial charge in [-0.25, -0.2) is 13.8 Å². The molecule has 2 rings (SSSR count). The number of aromatic nitrogens is 1. The smallest absolute Gasteiger partial charge is 0.273 e. The van der Waals surface area contributed by atoms with Crippen molar-refractivity contribution < 1.29 is 18.4 Å². The lowest BCUT2D eigenvalue weighted by Gasteiger charge is -2.12. The fourth-order valence-electron chi connectivity index (χ4n) is 1.76. The first-order valence-corrected chi connectivity index (χ1v) is 7.38. The van der Waals surface area contributed by atoms with E-state index in [0.29, 0.717) is 12.6 Å². The molecule has 2 aromatic rings. The summed E-state index contributed by atoms with van der Waals surface area (Å²) in [4.78, 5) is 29.4. The van der Waals surface area contributed by atoms with Crippen LogP contribution in [0.4, 0.5) is 13.9 Å². The van der Waals surface area contributed by atoms with Gasteiger partial charge in [0.1, 0.15) is 17.3 Å². The van der Waals surface area contributed by atoms with Gasteiger partial charge in [0.2, 0.25) is 0 Å². The molecule has 0 aliphatic heterocycles. The normalized spacial score (nSPS) is 10.2. The van der Waals surface area contributed by atoms with Crippen molar-refractivity contribution in [3.05, 3.63) is 59.1 Å². The summed E-state index contributed by atoms with van der Waals surface area (Å²) >= 11 is 1.04. The summed E-state index contributed by atoms with van der Waals surface area (Å²) in [7, 11) is 1.59. The van der Waals surface area contributed by atoms with Crippen LogP contribution in [0.2, 0.25) is 0 Å². The fraction of sp³-hybridized carbons (Fsp3) is 0.133. The van der Waals surface area contributed by atoms with Crippen molar-refractivity contribution in [1.82, 2.24) is 9.88 Å². The molecule has 0 atom stereocenters. The molecule has 0 aliphatic carbocycles. The molecule has 8 heteroatoms. The Balaban J connectivity index is 2.11. The summed E-state index contributed by atoms with van der Waals surface area (Å²) in [6.45, 7) is 3.90. The number of hydrogen-bond donors (Lipinski definition) is 1. The van der Waals surface area contributed by atoms with Crippen molar-refractivity contribution in [3.63, 3.8) is 0 Å². The van der Waals surface area contributed by atoms with E-state index >= 15 is 0 Å². The van der Waals surface area contributed by atoms with Gasteiger partial charge in [-0.2, -0.15) is 0 Å². The lowest BCUT2D eigenvalue weighted by Crippen LogP contribution is -2.27. The molecule has 0 bridgehead atoms. The van der Waals surface area contributed by atoms with Crippen LogP contribution in [0.1, 0.15) is 20.8 Å². The highest BCUT2D eigenvalue weighted by Gasteiger charge is 2.16. The third kappa shape index (κ3) is 4.19. The summed E-state index contributed by atoms with van der Waals surface area (Å²) < 4.78 is 26.2. The van der Waals surface area contributed by atoms with E-state index in [4.69, 9.17) is 0 Å². The fourth-order valence-corrected chi connectivity index (χ4v) is 2.44. The number of amides is 2. The molecule has 1 aromatic carbocycles. The van der Waals surface area contributed by atoms with E-state index in [9.17, 15) is 18.4 Å². The Labute approximate surface area is 135 Å². The monoisotopic (exact) mass is 337 g/mol. The molecule has 0 unspecified atom stereocenters. The molecule has 0 aliphatic rings. The SMILES string of the molecule is C=CCN(C)C(=O)c1csc(NC(=O)c2cc(F)cc(F)c2)n1. The van der Waals surface area contributed by atoms with Crippen LogP contribution in [0.3, 0.4) is 0 Å². The zero-order valence-electron chi connectivity index (χ0n) is 12.2. The first-order chi connectivity index (χ1) is 10.9. The number of thiazole rings is 1. The molecule has 1 heterocycles. The molecule has 0 saturated carbocycles. The Hall–Kier alpha value is -2.61. The van der Waals surface area contributed by atoms with Crippen LogP contribution in [0.25, 0.3) is 0 Å². The van der Waals surface area contributed by atoms with Crippen LogP contribution in [0.15, 0.2) is 36.2 Å². The van der Waals surface area contributed by atoms with Crippen molar-refractivity contribution in [3.8, 4) is 0 Å². The number of nitrogens with zero attached hydrogens (tertiary/aromatic N) is 2. The van der Waals surface area contributed by atoms with E-state index < -0.39 is 17.5 Å². The minimum absolute atomic E-state index is 0.162. The predicted molar refractivity (Wildman–Crippen MR) is 83.6 cm³/mol. The summed E-state index contributed by atoms with van der Waals surface area (Å²) in [6.07, 6.45) is 1.57. The van der Waals surface area contributed by atoms with Crippen LogP contribution < -0.4 is 5.32 Å². The van der Waals surface area contributed by atoms with Crippen molar-refractivity contribution in [2.24, 2.45) is 0 Å². The van der Waals surface area contributed by atoms with Gasteiger partial charge >= 0.3 is 0 Å². The van der Waals surface area contributed by atoms with Crippen LogP contribution >= 0.6 is 11.3 Å². The highest BCUT2D eigenvalue weighted by Crippen LogP contribution is 2.18. The molecule has 0 fully saturated rings. The molecule has 1 aromatic heterocycles. The maximum absolute atomic E-state index is 13.1. The standard InChI is InChI=1S/C15H13F2N3O2S/c1-3-4-20(2)14(22)12-8-23-15(18-12)19-13(21)9-5-10(16)7-11(17)6-9/h3,5-8H,1,4H2,2H3,(H,18,19,21). The van der Waals surface area contributed by atoms with Gasteiger partial charge in [0.05, 0.1) is 0 Å². The number of likely N-dealkylation sites (N-methyl/N-ethyl adjacent to an activating group) is 1. The Morgan fingerprint density at radius 1 is 1.35 bits per heavy atom. The van der Waals surface area contributed by atoms with Crippen molar-refractivity contribution >= 4 is 28.3 Å². The average Bonchev–Trinajstić information content (AvgIpc) is 2.94. The summed E-state index contributed by atoms with van der Waals surface area (Å²) in [5.74, 6) is -2.73. The predicted octanol–water partition coefficient (Wildman–Crippen LogP) is 2.93. The molecule has 2 amide bonds. The number of carbonyl (C=O) groups is 2. The third-order valence-electron chi connectivity index (χ3n) is 2.82. The summed E-state index contributed by atoms with van der Waals surface area (Å²) in [5, 5.41) is 4.05. The zero-order chi connectivity index (χ0) is 17.0. The van der Waals surface area contributed by atoms with E-state index in [-0.39, 0.29) is 22.3 Å². The Bertz CT molecular complexity index is 741. The minimum atomic E-state index is -0.851. The minimum Gasteiger partial charge on any atom is -0.337 e. The van der Waals surface area contributed by atoms with Gasteiger partial charge in [-0.1, -0.05) is 6.08 Å². The van der Waals surface area contributed by atoms with Crippen LogP contribution in [-0.2, 0) is 0 Å². The number of rotatable bonds is 5.